The summed E-state index contributed by atoms with van der Waals surface area (Å²) >= 11 is 0. The molecule has 1 atom stereocenters. The van der Waals surface area contributed by atoms with Crippen LogP contribution in [-0.2, 0) is 16.4 Å². The van der Waals surface area contributed by atoms with Crippen molar-refractivity contribution in [1.82, 2.24) is 5.32 Å². The number of rotatable bonds is 3. The minimum Gasteiger partial charge on any atom is -0.508 e. The number of benzene rings is 1. The molecule has 0 radical (unpaired) electrons. The number of sulfone groups is 1. The second-order valence-electron chi connectivity index (χ2n) is 3.96. The van der Waals surface area contributed by atoms with Crippen molar-refractivity contribution in [3.8, 4) is 11.5 Å². The fourth-order valence-corrected chi connectivity index (χ4v) is 2.92. The van der Waals surface area contributed by atoms with Gasteiger partial charge in [-0.1, -0.05) is 12.1 Å². The van der Waals surface area contributed by atoms with Gasteiger partial charge in [0.1, 0.15) is 11.5 Å². The maximum absolute atomic E-state index is 11.2. The lowest BCUT2D eigenvalue weighted by molar-refractivity contribution is 0.443. The summed E-state index contributed by atoms with van der Waals surface area (Å²) in [5, 5.41) is 22.8. The highest BCUT2D eigenvalue weighted by Gasteiger charge is 2.21. The summed E-state index contributed by atoms with van der Waals surface area (Å²) in [4.78, 5) is 0. The first-order chi connectivity index (χ1) is 7.96. The van der Waals surface area contributed by atoms with Gasteiger partial charge in [-0.15, -0.1) is 0 Å². The molecule has 1 aliphatic heterocycles. The van der Waals surface area contributed by atoms with Gasteiger partial charge >= 0.3 is 0 Å². The predicted octanol–water partition coefficient (Wildman–Crippen LogP) is 0.498. The van der Waals surface area contributed by atoms with E-state index in [2.05, 4.69) is 5.32 Å². The summed E-state index contributed by atoms with van der Waals surface area (Å²) in [7, 11) is -3.06. The Morgan fingerprint density at radius 3 is 2.71 bits per heavy atom. The van der Waals surface area contributed by atoms with Gasteiger partial charge in [-0.05, 0) is 6.07 Å². The second kappa shape index (κ2) is 4.38. The molecule has 2 rings (SSSR count). The zero-order valence-corrected chi connectivity index (χ0v) is 9.81. The van der Waals surface area contributed by atoms with E-state index in [4.69, 9.17) is 5.11 Å². The van der Waals surface area contributed by atoms with Crippen molar-refractivity contribution in [3.05, 3.63) is 35.2 Å². The van der Waals surface area contributed by atoms with Crippen LogP contribution in [0, 0.1) is 0 Å². The molecule has 0 fully saturated rings. The van der Waals surface area contributed by atoms with Crippen LogP contribution in [0.15, 0.2) is 29.7 Å². The summed E-state index contributed by atoms with van der Waals surface area (Å²) in [5.74, 6) is 0.0307. The van der Waals surface area contributed by atoms with Crippen LogP contribution in [-0.4, -0.2) is 30.4 Å². The molecule has 0 spiro atoms. The first kappa shape index (κ1) is 11.9. The van der Waals surface area contributed by atoms with E-state index < -0.39 is 9.84 Å². The third kappa shape index (κ3) is 2.98. The Kier molecular flexibility index (Phi) is 3.08. The highest BCUT2D eigenvalue weighted by Crippen LogP contribution is 2.22. The zero-order chi connectivity index (χ0) is 12.5. The lowest BCUT2D eigenvalue weighted by atomic mass is 10.2. The Morgan fingerprint density at radius 2 is 2.12 bits per heavy atom. The average molecular weight is 255 g/mol. The molecular weight excluding hydrogens is 242 g/mol. The van der Waals surface area contributed by atoms with E-state index in [9.17, 15) is 13.5 Å². The molecule has 3 N–H and O–H groups in total. The predicted molar refractivity (Wildman–Crippen MR) is 63.3 cm³/mol. The third-order valence-corrected chi connectivity index (χ3v) is 3.95. The lowest BCUT2D eigenvalue weighted by Crippen LogP contribution is -2.29. The Morgan fingerprint density at radius 1 is 1.35 bits per heavy atom. The van der Waals surface area contributed by atoms with E-state index in [0.29, 0.717) is 12.1 Å². The van der Waals surface area contributed by atoms with Gasteiger partial charge in [0.25, 0.3) is 0 Å². The molecule has 0 bridgehead atoms. The van der Waals surface area contributed by atoms with Crippen LogP contribution in [0.3, 0.4) is 0 Å². The fourth-order valence-electron chi connectivity index (χ4n) is 1.65. The molecule has 1 aromatic carbocycles. The van der Waals surface area contributed by atoms with Gasteiger partial charge in [0.15, 0.2) is 9.84 Å². The van der Waals surface area contributed by atoms with Crippen molar-refractivity contribution >= 4 is 9.84 Å². The fraction of sp³-hybridized carbons (Fsp3) is 0.273. The molecule has 92 valence electrons. The summed E-state index contributed by atoms with van der Waals surface area (Å²) in [6.07, 6.45) is 1.59. The normalized spacial score (nSPS) is 21.8. The Hall–Kier alpha value is -1.53. The number of phenolic OH excluding ortho intramolecular Hbond substituents is 2. The Labute approximate surface area is 99.3 Å². The summed E-state index contributed by atoms with van der Waals surface area (Å²) in [6.45, 7) is 0.344. The number of hydrogen-bond donors (Lipinski definition) is 3. The topological polar surface area (TPSA) is 86.6 Å². The Bertz CT molecular complexity index is 551. The van der Waals surface area contributed by atoms with Gasteiger partial charge in [0, 0.05) is 29.6 Å². The molecule has 1 heterocycles. The van der Waals surface area contributed by atoms with Gasteiger partial charge in [-0.25, -0.2) is 8.42 Å². The van der Waals surface area contributed by atoms with E-state index >= 15 is 0 Å². The molecule has 17 heavy (non-hydrogen) atoms. The third-order valence-electron chi connectivity index (χ3n) is 2.55. The van der Waals surface area contributed by atoms with Crippen LogP contribution < -0.4 is 5.32 Å². The van der Waals surface area contributed by atoms with Crippen molar-refractivity contribution in [2.24, 2.45) is 0 Å². The zero-order valence-electron chi connectivity index (χ0n) is 9.00. The maximum Gasteiger partial charge on any atom is 0.173 e. The van der Waals surface area contributed by atoms with Crippen molar-refractivity contribution < 1.29 is 18.6 Å². The van der Waals surface area contributed by atoms with Crippen molar-refractivity contribution in [1.29, 1.82) is 0 Å². The van der Waals surface area contributed by atoms with Crippen LogP contribution >= 0.6 is 0 Å². The molecule has 0 aliphatic carbocycles. The first-order valence-electron chi connectivity index (χ1n) is 5.11. The summed E-state index contributed by atoms with van der Waals surface area (Å²) in [5.41, 5.74) is 0.612. The van der Waals surface area contributed by atoms with Gasteiger partial charge in [-0.3, -0.25) is 0 Å². The summed E-state index contributed by atoms with van der Waals surface area (Å²) in [6, 6.07) is 4.08. The van der Waals surface area contributed by atoms with Crippen LogP contribution in [0.5, 0.6) is 11.5 Å². The quantitative estimate of drug-likeness (QED) is 0.732. The highest BCUT2D eigenvalue weighted by atomic mass is 32.2. The van der Waals surface area contributed by atoms with E-state index in [1.165, 1.54) is 17.5 Å². The second-order valence-corrected chi connectivity index (χ2v) is 5.89. The van der Waals surface area contributed by atoms with Crippen LogP contribution in [0.1, 0.15) is 5.56 Å². The molecule has 1 aliphatic rings. The van der Waals surface area contributed by atoms with Gasteiger partial charge in [0.2, 0.25) is 0 Å². The minimum atomic E-state index is -3.06. The largest absolute Gasteiger partial charge is 0.508 e. The van der Waals surface area contributed by atoms with Crippen LogP contribution in [0.25, 0.3) is 0 Å². The molecule has 0 amide bonds. The highest BCUT2D eigenvalue weighted by molar-refractivity contribution is 7.94. The van der Waals surface area contributed by atoms with E-state index in [1.54, 1.807) is 12.1 Å². The first-order valence-corrected chi connectivity index (χ1v) is 6.83. The van der Waals surface area contributed by atoms with E-state index in [1.807, 2.05) is 0 Å². The molecule has 0 saturated carbocycles. The average Bonchev–Trinajstić information content (AvgIpc) is 2.57. The number of nitrogens with one attached hydrogen (secondary N) is 1. The number of phenols is 2. The molecule has 1 unspecified atom stereocenters. The summed E-state index contributed by atoms with van der Waals surface area (Å²) < 4.78 is 22.3. The van der Waals surface area contributed by atoms with Gasteiger partial charge < -0.3 is 15.5 Å². The molecular formula is C11H13NO4S. The molecule has 0 aromatic heterocycles. The SMILES string of the molecule is O=S1(=O)C=CC(NCc2ccc(O)cc2O)C1. The van der Waals surface area contributed by atoms with Gasteiger partial charge in [0.05, 0.1) is 5.75 Å². The van der Waals surface area contributed by atoms with Crippen molar-refractivity contribution in [3.63, 3.8) is 0 Å². The van der Waals surface area contributed by atoms with Crippen LogP contribution in [0.4, 0.5) is 0 Å². The molecule has 5 nitrogen and oxygen atoms in total. The molecule has 0 saturated heterocycles. The number of hydrogen-bond acceptors (Lipinski definition) is 5. The number of aromatic hydroxyl groups is 2. The standard InChI is InChI=1S/C11H13NO4S/c13-10-2-1-8(11(14)5-10)6-12-9-3-4-17(15,16)7-9/h1-5,9,12-14H,6-7H2. The minimum absolute atomic E-state index is 0.00501. The maximum atomic E-state index is 11.2. The van der Waals surface area contributed by atoms with Gasteiger partial charge in [-0.2, -0.15) is 0 Å². The Balaban J connectivity index is 1.97. The van der Waals surface area contributed by atoms with Crippen molar-refractivity contribution in [2.75, 3.05) is 5.75 Å². The van der Waals surface area contributed by atoms with E-state index in [-0.39, 0.29) is 23.3 Å². The molecule has 6 heteroatoms. The monoisotopic (exact) mass is 255 g/mol. The smallest absolute Gasteiger partial charge is 0.173 e. The molecule has 1 aromatic rings. The van der Waals surface area contributed by atoms with Crippen LogP contribution in [0.2, 0.25) is 0 Å². The lowest BCUT2D eigenvalue weighted by Gasteiger charge is -2.11. The van der Waals surface area contributed by atoms with Crippen molar-refractivity contribution in [2.45, 2.75) is 12.6 Å². The van der Waals surface area contributed by atoms with E-state index in [0.717, 1.165) is 0 Å².